The number of nitrogens with two attached hydrogens (primary N) is 1. The zero-order valence-corrected chi connectivity index (χ0v) is 66.9. The molecule has 27 nitrogen and oxygen atoms in total. The molecule has 5 aliphatic heterocycles. The lowest BCUT2D eigenvalue weighted by atomic mass is 10.00. The number of benzene rings is 4. The molecule has 5 saturated heterocycles. The van der Waals surface area contributed by atoms with Crippen LogP contribution in [0.3, 0.4) is 0 Å². The molecule has 6 aliphatic rings. The third-order valence-electron chi connectivity index (χ3n) is 15.4. The lowest BCUT2D eigenvalue weighted by Crippen LogP contribution is -2.62. The SMILES string of the molecule is C.C=C=C=C=C=C=C=C=C=C=C=C=C=C=C=C=C=C=S.CC.CN.CNC1CN(C(=O)c2ccccc2)C1.COc1cnc(-n2cnc(C)n2)c2c1C(C(=O)C(=O)N(C)C1CN(C(=O)c3ccccc3)C1)=CC2.CS(=O)(=O)Cl.CS(=O)(=O)OC1CN(C(=O)c2ccccc2)C1.O.O=C(c1ccccc1)N1CC(O)C1.OC1CNC1. The normalized spacial score (nSPS) is 13.3. The van der Waals surface area contributed by atoms with E-state index in [0.717, 1.165) is 49.8 Å². The largest absolute Gasteiger partial charge is 0.494 e. The number of nitrogens with zero attached hydrogens (tertiary/aromatic N) is 9. The van der Waals surface area contributed by atoms with Crippen LogP contribution in [0.25, 0.3) is 11.4 Å². The molecule has 31 heteroatoms. The van der Waals surface area contributed by atoms with Crippen molar-refractivity contribution in [3.05, 3.63) is 277 Å². The van der Waals surface area contributed by atoms with Gasteiger partial charge in [-0.2, -0.15) is 13.5 Å². The van der Waals surface area contributed by atoms with E-state index in [1.807, 2.05) is 98.6 Å². The summed E-state index contributed by atoms with van der Waals surface area (Å²) in [5.74, 6) is 0.251. The fourth-order valence-corrected chi connectivity index (χ4v) is 10.5. The number of ketones is 1. The van der Waals surface area contributed by atoms with Crippen LogP contribution < -0.4 is 21.1 Å². The van der Waals surface area contributed by atoms with Crippen LogP contribution in [0.15, 0.2) is 238 Å². The summed E-state index contributed by atoms with van der Waals surface area (Å²) in [6.45, 7) is 14.6. The molecule has 2 aromatic heterocycles. The number of amides is 5. The van der Waals surface area contributed by atoms with Gasteiger partial charge in [-0.3, -0.25) is 33.0 Å². The van der Waals surface area contributed by atoms with Gasteiger partial charge in [0.05, 0.1) is 57.2 Å². The number of fused-ring (bicyclic) bond motifs is 1. The van der Waals surface area contributed by atoms with Crippen molar-refractivity contribution in [1.29, 1.82) is 0 Å². The number of nitrogens with one attached hydrogen (secondary N) is 2. The molecule has 0 radical (unpaired) electrons. The van der Waals surface area contributed by atoms with Crippen molar-refractivity contribution < 1.29 is 70.2 Å². The van der Waals surface area contributed by atoms with Gasteiger partial charge in [0.1, 0.15) is 24.0 Å². The Morgan fingerprint density at radius 1 is 0.623 bits per heavy atom. The number of carbonyl (C=O) groups is 6. The second kappa shape index (κ2) is 52.3. The molecule has 598 valence electrons. The smallest absolute Gasteiger partial charge is 0.295 e. The maximum Gasteiger partial charge on any atom is 0.295 e. The number of aryl methyl sites for hydroxylation is 1. The second-order valence-electron chi connectivity index (χ2n) is 23.5. The van der Waals surface area contributed by atoms with Crippen LogP contribution in [0.1, 0.15) is 79.7 Å². The number of hydrogen-bond donors (Lipinski definition) is 5. The zero-order valence-electron chi connectivity index (χ0n) is 63.6. The first-order chi connectivity index (χ1) is 53.7. The minimum Gasteiger partial charge on any atom is -0.494 e. The molecule has 7 heterocycles. The number of thiocarbonyl (C=S) groups is 1. The number of likely N-dealkylation sites (N-methyl/N-ethyl adjacent to an activating group) is 2. The van der Waals surface area contributed by atoms with Gasteiger partial charge in [-0.05, 0) is 141 Å². The highest BCUT2D eigenvalue weighted by molar-refractivity contribution is 8.13. The number of aliphatic hydroxyl groups excluding tert-OH is 2. The van der Waals surface area contributed by atoms with E-state index < -0.39 is 37.0 Å². The molecule has 0 atom stereocenters. The Labute approximate surface area is 674 Å². The number of aromatic nitrogens is 4. The summed E-state index contributed by atoms with van der Waals surface area (Å²) in [5, 5.41) is 30.0. The predicted octanol–water partition coefficient (Wildman–Crippen LogP) is 5.99. The highest BCUT2D eigenvalue weighted by Crippen LogP contribution is 2.38. The quantitative estimate of drug-likeness (QED) is 0.0309. The number of aliphatic hydroxyl groups is 2. The van der Waals surface area contributed by atoms with Gasteiger partial charge in [0.2, 0.25) is 9.05 Å². The monoisotopic (exact) mass is 1630 g/mol. The van der Waals surface area contributed by atoms with Gasteiger partial charge < -0.3 is 61.3 Å². The molecular formula is C83H91ClN12O15S3. The first-order valence-corrected chi connectivity index (χ1v) is 39.3. The molecule has 4 aromatic carbocycles. The van der Waals surface area contributed by atoms with Crippen LogP contribution >= 0.6 is 22.9 Å². The molecule has 0 saturated carbocycles. The lowest BCUT2D eigenvalue weighted by molar-refractivity contribution is -0.144. The Kier molecular flexibility index (Phi) is 45.0. The average molecular weight is 1630 g/mol. The van der Waals surface area contributed by atoms with E-state index in [9.17, 15) is 45.6 Å². The van der Waals surface area contributed by atoms with E-state index in [1.54, 1.807) is 94.3 Å². The average Bonchev–Trinajstić information content (AvgIpc) is 1.77. The highest BCUT2D eigenvalue weighted by Gasteiger charge is 2.40. The van der Waals surface area contributed by atoms with Gasteiger partial charge in [0.25, 0.3) is 45.4 Å². The van der Waals surface area contributed by atoms with E-state index >= 15 is 0 Å². The number of hydrogen-bond acceptors (Lipinski definition) is 21. The maximum atomic E-state index is 13.3. The summed E-state index contributed by atoms with van der Waals surface area (Å²) in [4.78, 5) is 91.0. The molecule has 0 unspecified atom stereocenters. The number of Topliss-reactive ketones (excluding diaryl/α,β-unsaturated/α-hetero) is 1. The number of carbonyl (C=O) groups excluding carboxylic acids is 6. The van der Waals surface area contributed by atoms with Crippen LogP contribution in [0.4, 0.5) is 0 Å². The molecule has 1 aliphatic carbocycles. The van der Waals surface area contributed by atoms with Crippen LogP contribution in [-0.2, 0) is 39.4 Å². The Balaban J connectivity index is 0.000000482. The van der Waals surface area contributed by atoms with E-state index in [-0.39, 0.29) is 60.4 Å². The minimum atomic E-state index is -3.44. The fourth-order valence-electron chi connectivity index (χ4n) is 9.79. The number of allylic oxidation sites excluding steroid dienone is 1. The van der Waals surface area contributed by atoms with E-state index in [2.05, 4.69) is 158 Å². The maximum absolute atomic E-state index is 13.3. The Morgan fingerprint density at radius 3 is 1.32 bits per heavy atom. The van der Waals surface area contributed by atoms with Crippen LogP contribution in [-0.4, -0.2) is 254 Å². The standard InChI is InChI=1S/C25H24N6O4.C18H2S.C11H14N2O.C11H13NO4S.C10H11NO2.C3H7NO.C2H6.CH3ClO2S.CH5N.CH4.H2O/c1-15-27-14-31(28-15)23-19-10-9-18(21(19)20(35-3)11-26-23)22(32)25(34)29(2)17-12-30(13-17)24(33)16-7-5-4-6-8-16;1-2-3-4-5-6-7-8-9-10-11-12-13-14-15-16-17-18-19;1-12-10-7-13(8-10)11(14)9-5-3-2-4-6-9;1-17(14,15)16-10-7-12(8-10)11(13)9-5-3-2-4-6-9;12-9-6-11(7-9)10(13)8-4-2-1-3-5-8;5-3-1-4-2-3;1-2;1-5(2,3)4;1-2;;/h4-9,11,14,17H,10,12-13H2,1-3H3;1H2;2-6,10,12H,7-8H2,1H3;2-6,10H,7-8H2,1H3;1-5,9,12H,6-7H2;3-5H,1-2H2;1-2H3;1H3;2H2,1H3;1H4;1H2. The van der Waals surface area contributed by atoms with Gasteiger partial charge in [0, 0.05) is 160 Å². The number of pyridine rings is 1. The van der Waals surface area contributed by atoms with Crippen molar-refractivity contribution in [3.8, 4) is 11.6 Å². The minimum absolute atomic E-state index is 0. The number of halogens is 1. The summed E-state index contributed by atoms with van der Waals surface area (Å²) >= 11 is 4.36. The Hall–Kier alpha value is -12.0. The zero-order chi connectivity index (χ0) is 82.6. The summed E-state index contributed by atoms with van der Waals surface area (Å²) in [6, 6.07) is 36.6. The van der Waals surface area contributed by atoms with E-state index in [0.29, 0.717) is 91.4 Å². The molecule has 0 spiro atoms. The first kappa shape index (κ1) is 98.1. The molecule has 114 heavy (non-hydrogen) atoms. The van der Waals surface area contributed by atoms with Crippen LogP contribution in [0.5, 0.6) is 5.75 Å². The van der Waals surface area contributed by atoms with E-state index in [4.69, 9.17) is 19.1 Å². The van der Waals surface area contributed by atoms with Gasteiger partial charge in [-0.1, -0.05) is 106 Å². The third-order valence-corrected chi connectivity index (χ3v) is 16.2. The van der Waals surface area contributed by atoms with Crippen molar-refractivity contribution in [3.63, 3.8) is 0 Å². The first-order valence-electron chi connectivity index (χ1n) is 34.3. The van der Waals surface area contributed by atoms with Crippen molar-refractivity contribution in [2.45, 2.75) is 65.0 Å². The molecule has 12 rings (SSSR count). The number of ether oxygens (including phenoxy) is 1. The number of methoxy groups -OCH3 is 1. The molecule has 5 fully saturated rings. The third kappa shape index (κ3) is 33.9. The summed E-state index contributed by atoms with van der Waals surface area (Å²) < 4.78 is 52.3. The Bertz CT molecular complexity index is 5120. The van der Waals surface area contributed by atoms with E-state index in [1.165, 1.54) is 25.3 Å². The molecule has 8 N–H and O–H groups in total. The number of rotatable bonds is 12. The van der Waals surface area contributed by atoms with Gasteiger partial charge in [0.15, 0.2) is 5.82 Å². The van der Waals surface area contributed by atoms with Gasteiger partial charge >= 0.3 is 0 Å². The number of likely N-dealkylation sites (tertiary alicyclic amines) is 4. The Morgan fingerprint density at radius 2 is 0.991 bits per heavy atom. The van der Waals surface area contributed by atoms with Crippen molar-refractivity contribution in [2.24, 2.45) is 5.73 Å². The summed E-state index contributed by atoms with van der Waals surface area (Å²) in [7, 11) is 4.39. The van der Waals surface area contributed by atoms with Crippen molar-refractivity contribution in [2.75, 3.05) is 106 Å². The van der Waals surface area contributed by atoms with Gasteiger partial charge in [-0.15, -0.1) is 0 Å². The fraction of sp³-hybridized carbons (Fsp3) is 0.313. The lowest BCUT2D eigenvalue weighted by Gasteiger charge is -2.43. The van der Waals surface area contributed by atoms with Crippen LogP contribution in [0, 0.1) is 6.92 Å². The second-order valence-corrected chi connectivity index (χ2v) is 28.3. The van der Waals surface area contributed by atoms with Crippen molar-refractivity contribution in [1.82, 2.24) is 54.9 Å². The molecule has 6 aromatic rings. The molecule has 5 amide bonds. The summed E-state index contributed by atoms with van der Waals surface area (Å²) in [6.07, 6.45) is 6.37. The topological polar surface area (TPSA) is 371 Å². The van der Waals surface area contributed by atoms with Gasteiger partial charge in [-0.25, -0.2) is 23.1 Å². The molecule has 0 bridgehead atoms. The molecular weight excluding hydrogens is 1540 g/mol. The van der Waals surface area contributed by atoms with Crippen LogP contribution in [0.2, 0.25) is 0 Å². The highest BCUT2D eigenvalue weighted by atomic mass is 35.7. The van der Waals surface area contributed by atoms with Crippen molar-refractivity contribution >= 4 is 88.0 Å². The predicted molar refractivity (Wildman–Crippen MR) is 437 cm³/mol. The number of β-amino-alcohol motifs (C(OH)–C–C–N with tert-alkyl or cyclic N) is 2. The summed E-state index contributed by atoms with van der Waals surface area (Å²) in [5.41, 5.74) is 48.1.